The van der Waals surface area contributed by atoms with E-state index in [1.54, 1.807) is 18.4 Å². The number of amides is 1. The molecule has 4 rings (SSSR count). The summed E-state index contributed by atoms with van der Waals surface area (Å²) in [6.45, 7) is 5.75. The minimum absolute atomic E-state index is 0.219. The van der Waals surface area contributed by atoms with Crippen LogP contribution in [0.2, 0.25) is 0 Å². The lowest BCUT2D eigenvalue weighted by Crippen LogP contribution is -2.46. The summed E-state index contributed by atoms with van der Waals surface area (Å²) in [5.41, 5.74) is 2.14. The largest absolute Gasteiger partial charge is 0.379 e. The summed E-state index contributed by atoms with van der Waals surface area (Å²) in [5, 5.41) is 9.04. The SMILES string of the molecule is CN=C(NCc1ccc(N2CCCC2=O)cc1)NCC(c1cccs1)N1CCOCC1. The second kappa shape index (κ2) is 10.7. The van der Waals surface area contributed by atoms with E-state index in [-0.39, 0.29) is 5.91 Å². The topological polar surface area (TPSA) is 69.2 Å². The third kappa shape index (κ3) is 5.64. The van der Waals surface area contributed by atoms with Crippen molar-refractivity contribution in [2.24, 2.45) is 4.99 Å². The van der Waals surface area contributed by atoms with Gasteiger partial charge in [-0.2, -0.15) is 0 Å². The van der Waals surface area contributed by atoms with Gasteiger partial charge in [-0.15, -0.1) is 11.3 Å². The van der Waals surface area contributed by atoms with Crippen molar-refractivity contribution in [1.29, 1.82) is 0 Å². The number of benzene rings is 1. The number of guanidine groups is 1. The molecular weight excluding hydrogens is 410 g/mol. The van der Waals surface area contributed by atoms with Gasteiger partial charge in [0.1, 0.15) is 0 Å². The molecule has 31 heavy (non-hydrogen) atoms. The van der Waals surface area contributed by atoms with Crippen LogP contribution in [0.4, 0.5) is 5.69 Å². The zero-order valence-corrected chi connectivity index (χ0v) is 18.9. The summed E-state index contributed by atoms with van der Waals surface area (Å²) in [5.74, 6) is 1.00. The van der Waals surface area contributed by atoms with Gasteiger partial charge in [-0.25, -0.2) is 0 Å². The fraction of sp³-hybridized carbons (Fsp3) is 0.478. The molecule has 2 saturated heterocycles. The number of carbonyl (C=O) groups excluding carboxylic acids is 1. The Labute approximate surface area is 188 Å². The Hall–Kier alpha value is -2.42. The number of anilines is 1. The van der Waals surface area contributed by atoms with Crippen LogP contribution in [-0.2, 0) is 16.1 Å². The molecule has 2 aliphatic rings. The highest BCUT2D eigenvalue weighted by molar-refractivity contribution is 7.10. The number of aliphatic imine (C=N–C) groups is 1. The van der Waals surface area contributed by atoms with Gasteiger partial charge in [-0.3, -0.25) is 14.7 Å². The Morgan fingerprint density at radius 3 is 2.61 bits per heavy atom. The number of morpholine rings is 1. The first-order chi connectivity index (χ1) is 15.2. The summed E-state index contributed by atoms with van der Waals surface area (Å²) in [6.07, 6.45) is 1.60. The van der Waals surface area contributed by atoms with Crippen LogP contribution in [0.5, 0.6) is 0 Å². The number of ether oxygens (including phenoxy) is 1. The predicted octanol–water partition coefficient (Wildman–Crippen LogP) is 2.61. The van der Waals surface area contributed by atoms with Gasteiger partial charge in [0.2, 0.25) is 5.91 Å². The highest BCUT2D eigenvalue weighted by Gasteiger charge is 2.24. The van der Waals surface area contributed by atoms with Gasteiger partial charge in [-0.1, -0.05) is 18.2 Å². The number of carbonyl (C=O) groups is 1. The summed E-state index contributed by atoms with van der Waals surface area (Å²) < 4.78 is 5.53. The molecule has 0 bridgehead atoms. The average molecular weight is 442 g/mol. The Morgan fingerprint density at radius 1 is 1.16 bits per heavy atom. The molecule has 7 nitrogen and oxygen atoms in total. The van der Waals surface area contributed by atoms with Crippen molar-refractivity contribution in [3.8, 4) is 0 Å². The zero-order valence-electron chi connectivity index (χ0n) is 18.0. The van der Waals surface area contributed by atoms with Crippen LogP contribution in [-0.4, -0.2) is 63.2 Å². The summed E-state index contributed by atoms with van der Waals surface area (Å²) >= 11 is 1.80. The second-order valence-corrected chi connectivity index (χ2v) is 8.78. The summed E-state index contributed by atoms with van der Waals surface area (Å²) in [4.78, 5) is 22.0. The monoisotopic (exact) mass is 441 g/mol. The van der Waals surface area contributed by atoms with E-state index in [0.717, 1.165) is 63.0 Å². The summed E-state index contributed by atoms with van der Waals surface area (Å²) in [6, 6.07) is 12.8. The number of thiophene rings is 1. The Kier molecular flexibility index (Phi) is 7.56. The molecule has 0 radical (unpaired) electrons. The van der Waals surface area contributed by atoms with Gasteiger partial charge in [0.05, 0.1) is 19.3 Å². The highest BCUT2D eigenvalue weighted by atomic mass is 32.1. The molecule has 3 heterocycles. The first-order valence-electron chi connectivity index (χ1n) is 10.9. The Morgan fingerprint density at radius 2 is 1.97 bits per heavy atom. The van der Waals surface area contributed by atoms with E-state index in [0.29, 0.717) is 19.0 Å². The predicted molar refractivity (Wildman–Crippen MR) is 126 cm³/mol. The molecule has 1 aromatic carbocycles. The number of hydrogen-bond acceptors (Lipinski definition) is 5. The average Bonchev–Trinajstić information content (AvgIpc) is 3.49. The van der Waals surface area contributed by atoms with Gasteiger partial charge in [0, 0.05) is 56.8 Å². The molecule has 2 N–H and O–H groups in total. The van der Waals surface area contributed by atoms with Crippen LogP contribution in [0, 0.1) is 0 Å². The first kappa shape index (κ1) is 21.8. The number of hydrogen-bond donors (Lipinski definition) is 2. The van der Waals surface area contributed by atoms with Crippen molar-refractivity contribution in [2.45, 2.75) is 25.4 Å². The van der Waals surface area contributed by atoms with Crippen molar-refractivity contribution < 1.29 is 9.53 Å². The number of nitrogens with zero attached hydrogens (tertiary/aromatic N) is 3. The fourth-order valence-corrected chi connectivity index (χ4v) is 4.96. The van der Waals surface area contributed by atoms with Crippen molar-refractivity contribution in [1.82, 2.24) is 15.5 Å². The van der Waals surface area contributed by atoms with Crippen LogP contribution in [0.1, 0.15) is 29.3 Å². The Balaban J connectivity index is 1.31. The highest BCUT2D eigenvalue weighted by Crippen LogP contribution is 2.25. The molecule has 0 saturated carbocycles. The van der Waals surface area contributed by atoms with Crippen molar-refractivity contribution >= 4 is 28.9 Å². The molecule has 0 aliphatic carbocycles. The molecule has 166 valence electrons. The molecule has 1 aromatic heterocycles. The number of nitrogens with one attached hydrogen (secondary N) is 2. The van der Waals surface area contributed by atoms with Gasteiger partial charge in [-0.05, 0) is 35.6 Å². The lowest BCUT2D eigenvalue weighted by atomic mass is 10.2. The third-order valence-electron chi connectivity index (χ3n) is 5.83. The molecular formula is C23H31N5O2S. The molecule has 8 heteroatoms. The minimum Gasteiger partial charge on any atom is -0.379 e. The lowest BCUT2D eigenvalue weighted by Gasteiger charge is -2.34. The lowest BCUT2D eigenvalue weighted by molar-refractivity contribution is -0.117. The number of rotatable bonds is 7. The van der Waals surface area contributed by atoms with E-state index in [9.17, 15) is 4.79 Å². The smallest absolute Gasteiger partial charge is 0.227 e. The maximum absolute atomic E-state index is 11.9. The van der Waals surface area contributed by atoms with Crippen LogP contribution >= 0.6 is 11.3 Å². The first-order valence-corrected chi connectivity index (χ1v) is 11.8. The molecule has 2 aliphatic heterocycles. The summed E-state index contributed by atoms with van der Waals surface area (Å²) in [7, 11) is 1.80. The maximum Gasteiger partial charge on any atom is 0.227 e. The van der Waals surface area contributed by atoms with E-state index in [1.165, 1.54) is 4.88 Å². The van der Waals surface area contributed by atoms with E-state index in [1.807, 2.05) is 17.0 Å². The van der Waals surface area contributed by atoms with E-state index in [4.69, 9.17) is 4.74 Å². The molecule has 0 spiro atoms. The Bertz CT molecular complexity index is 863. The van der Waals surface area contributed by atoms with Crippen molar-refractivity contribution in [3.05, 3.63) is 52.2 Å². The van der Waals surface area contributed by atoms with Crippen LogP contribution in [0.15, 0.2) is 46.8 Å². The molecule has 2 fully saturated rings. The van der Waals surface area contributed by atoms with Gasteiger partial charge >= 0.3 is 0 Å². The third-order valence-corrected chi connectivity index (χ3v) is 6.80. The quantitative estimate of drug-likeness (QED) is 0.511. The fourth-order valence-electron chi connectivity index (χ4n) is 4.09. The minimum atomic E-state index is 0.219. The maximum atomic E-state index is 11.9. The molecule has 2 aromatic rings. The van der Waals surface area contributed by atoms with Gasteiger partial charge < -0.3 is 20.3 Å². The van der Waals surface area contributed by atoms with Gasteiger partial charge in [0.25, 0.3) is 0 Å². The van der Waals surface area contributed by atoms with E-state index >= 15 is 0 Å². The van der Waals surface area contributed by atoms with E-state index in [2.05, 4.69) is 50.2 Å². The zero-order chi connectivity index (χ0) is 21.5. The van der Waals surface area contributed by atoms with Gasteiger partial charge in [0.15, 0.2) is 5.96 Å². The second-order valence-electron chi connectivity index (χ2n) is 7.80. The molecule has 1 atom stereocenters. The van der Waals surface area contributed by atoms with Crippen LogP contribution in [0.25, 0.3) is 0 Å². The molecule has 1 amide bonds. The van der Waals surface area contributed by atoms with Crippen molar-refractivity contribution in [2.75, 3.05) is 51.3 Å². The van der Waals surface area contributed by atoms with Crippen LogP contribution < -0.4 is 15.5 Å². The van der Waals surface area contributed by atoms with E-state index < -0.39 is 0 Å². The van der Waals surface area contributed by atoms with Crippen molar-refractivity contribution in [3.63, 3.8) is 0 Å². The normalized spacial score (nSPS) is 18.9. The standard InChI is InChI=1S/C23H31N5O2S/c1-24-23(25-16-18-6-8-19(9-7-18)28-10-2-5-22(28)29)26-17-20(21-4-3-15-31-21)27-11-13-30-14-12-27/h3-4,6-9,15,20H,2,5,10-14,16-17H2,1H3,(H2,24,25,26). The molecule has 1 unspecified atom stereocenters. The van der Waals surface area contributed by atoms with Crippen LogP contribution in [0.3, 0.4) is 0 Å².